The quantitative estimate of drug-likeness (QED) is 0.544. The van der Waals surface area contributed by atoms with Gasteiger partial charge in [-0.25, -0.2) is 0 Å². The van der Waals surface area contributed by atoms with E-state index in [1.54, 1.807) is 0 Å². The molecule has 0 N–H and O–H groups in total. The lowest BCUT2D eigenvalue weighted by Crippen LogP contribution is -2.15. The summed E-state index contributed by atoms with van der Waals surface area (Å²) in [7, 11) is 0. The number of rotatable bonds is 5. The van der Waals surface area contributed by atoms with Crippen molar-refractivity contribution >= 4 is 0 Å². The molecule has 0 heteroatoms. The molecule has 0 aromatic rings. The van der Waals surface area contributed by atoms with E-state index in [0.29, 0.717) is 0 Å². The molecule has 0 aromatic carbocycles. The zero-order chi connectivity index (χ0) is 9.52. The summed E-state index contributed by atoms with van der Waals surface area (Å²) in [5, 5.41) is 0. The van der Waals surface area contributed by atoms with E-state index in [-0.39, 0.29) is 0 Å². The Balaban J connectivity index is 2.11. The van der Waals surface area contributed by atoms with Crippen LogP contribution in [0, 0.1) is 18.3 Å². The highest BCUT2D eigenvalue weighted by molar-refractivity contribution is 4.84. The number of hydrogen-bond donors (Lipinski definition) is 0. The highest BCUT2D eigenvalue weighted by Gasteiger charge is 2.19. The van der Waals surface area contributed by atoms with Gasteiger partial charge in [0.05, 0.1) is 0 Å². The van der Waals surface area contributed by atoms with Gasteiger partial charge in [-0.3, -0.25) is 0 Å². The summed E-state index contributed by atoms with van der Waals surface area (Å²) in [6, 6.07) is 0. The molecule has 1 aliphatic carbocycles. The average molecular weight is 181 g/mol. The normalized spacial score (nSPS) is 29.1. The summed E-state index contributed by atoms with van der Waals surface area (Å²) in [5.74, 6) is 2.00. The minimum Gasteiger partial charge on any atom is -0.0654 e. The molecule has 13 heavy (non-hydrogen) atoms. The average Bonchev–Trinajstić information content (AvgIpc) is 2.19. The fourth-order valence-corrected chi connectivity index (χ4v) is 2.47. The van der Waals surface area contributed by atoms with Crippen LogP contribution in [-0.4, -0.2) is 0 Å². The first-order chi connectivity index (χ1) is 6.36. The fraction of sp³-hybridized carbons (Fsp3) is 0.923. The van der Waals surface area contributed by atoms with Crippen LogP contribution in [0.3, 0.4) is 0 Å². The Kier molecular flexibility index (Phi) is 5.50. The van der Waals surface area contributed by atoms with Gasteiger partial charge in [0.2, 0.25) is 0 Å². The molecular weight excluding hydrogens is 156 g/mol. The first kappa shape index (κ1) is 11.1. The molecule has 0 heterocycles. The molecule has 0 aromatic heterocycles. The zero-order valence-corrected chi connectivity index (χ0v) is 9.39. The highest BCUT2D eigenvalue weighted by Crippen LogP contribution is 2.33. The maximum atomic E-state index is 2.59. The van der Waals surface area contributed by atoms with Crippen molar-refractivity contribution in [3.8, 4) is 0 Å². The van der Waals surface area contributed by atoms with Crippen molar-refractivity contribution in [2.24, 2.45) is 11.8 Å². The van der Waals surface area contributed by atoms with E-state index in [1.165, 1.54) is 51.4 Å². The van der Waals surface area contributed by atoms with E-state index in [4.69, 9.17) is 0 Å². The third-order valence-corrected chi connectivity index (χ3v) is 3.47. The van der Waals surface area contributed by atoms with Crippen molar-refractivity contribution in [2.75, 3.05) is 0 Å². The van der Waals surface area contributed by atoms with Crippen LogP contribution in [0.4, 0.5) is 0 Å². The second-order valence-corrected chi connectivity index (χ2v) is 4.58. The van der Waals surface area contributed by atoms with Crippen molar-refractivity contribution in [3.05, 3.63) is 6.42 Å². The Morgan fingerprint density at radius 2 is 2.08 bits per heavy atom. The fourth-order valence-electron chi connectivity index (χ4n) is 2.47. The van der Waals surface area contributed by atoms with Crippen molar-refractivity contribution in [1.29, 1.82) is 0 Å². The Bertz CT molecular complexity index is 117. The van der Waals surface area contributed by atoms with E-state index < -0.39 is 0 Å². The Morgan fingerprint density at radius 1 is 1.23 bits per heavy atom. The summed E-state index contributed by atoms with van der Waals surface area (Å²) < 4.78 is 0. The Hall–Kier alpha value is 0. The molecule has 0 aliphatic heterocycles. The van der Waals surface area contributed by atoms with Crippen LogP contribution in [0.15, 0.2) is 0 Å². The van der Waals surface area contributed by atoms with Crippen LogP contribution in [-0.2, 0) is 0 Å². The van der Waals surface area contributed by atoms with Gasteiger partial charge in [-0.1, -0.05) is 52.4 Å². The molecule has 1 rings (SSSR count). The monoisotopic (exact) mass is 181 g/mol. The maximum absolute atomic E-state index is 2.59. The predicted octanol–water partition coefficient (Wildman–Crippen LogP) is 4.60. The molecular formula is C13H25. The lowest BCUT2D eigenvalue weighted by molar-refractivity contribution is 0.301. The lowest BCUT2D eigenvalue weighted by atomic mass is 9.78. The molecule has 0 bridgehead atoms. The topological polar surface area (TPSA) is 0 Å². The van der Waals surface area contributed by atoms with E-state index in [1.807, 2.05) is 0 Å². The molecule has 1 aliphatic rings. The SMILES string of the molecule is CCCCCC1[CH]CCC(CC)C1. The number of unbranched alkanes of at least 4 members (excludes halogenated alkanes) is 2. The van der Waals surface area contributed by atoms with E-state index in [9.17, 15) is 0 Å². The van der Waals surface area contributed by atoms with Gasteiger partial charge in [-0.2, -0.15) is 0 Å². The molecule has 0 nitrogen and oxygen atoms in total. The molecule has 2 atom stereocenters. The van der Waals surface area contributed by atoms with Gasteiger partial charge >= 0.3 is 0 Å². The molecule has 77 valence electrons. The first-order valence-electron chi connectivity index (χ1n) is 6.20. The van der Waals surface area contributed by atoms with Crippen LogP contribution in [0.25, 0.3) is 0 Å². The second-order valence-electron chi connectivity index (χ2n) is 4.58. The highest BCUT2D eigenvalue weighted by atomic mass is 14.3. The standard InChI is InChI=1S/C13H25/c1-3-5-6-8-13-10-7-9-12(4-2)11-13/h10,12-13H,3-9,11H2,1-2H3. The third-order valence-electron chi connectivity index (χ3n) is 3.47. The van der Waals surface area contributed by atoms with E-state index >= 15 is 0 Å². The van der Waals surface area contributed by atoms with Gasteiger partial charge in [-0.05, 0) is 31.1 Å². The van der Waals surface area contributed by atoms with Gasteiger partial charge in [0.1, 0.15) is 0 Å². The largest absolute Gasteiger partial charge is 0.0654 e. The Labute approximate surface area is 84.1 Å². The molecule has 2 unspecified atom stereocenters. The smallest absolute Gasteiger partial charge is 0.0355 e. The molecule has 0 saturated heterocycles. The van der Waals surface area contributed by atoms with Crippen molar-refractivity contribution in [1.82, 2.24) is 0 Å². The van der Waals surface area contributed by atoms with Crippen LogP contribution in [0.1, 0.15) is 65.2 Å². The van der Waals surface area contributed by atoms with Crippen LogP contribution < -0.4 is 0 Å². The lowest BCUT2D eigenvalue weighted by Gasteiger charge is -2.28. The van der Waals surface area contributed by atoms with E-state index in [2.05, 4.69) is 20.3 Å². The molecule has 1 fully saturated rings. The first-order valence-corrected chi connectivity index (χ1v) is 6.20. The van der Waals surface area contributed by atoms with Gasteiger partial charge in [0, 0.05) is 0 Å². The third kappa shape index (κ3) is 4.15. The molecule has 0 spiro atoms. The molecule has 1 radical (unpaired) electrons. The van der Waals surface area contributed by atoms with Gasteiger partial charge < -0.3 is 0 Å². The second kappa shape index (κ2) is 6.45. The minimum absolute atomic E-state index is 0.963. The summed E-state index contributed by atoms with van der Waals surface area (Å²) >= 11 is 0. The summed E-state index contributed by atoms with van der Waals surface area (Å²) in [6.07, 6.45) is 14.0. The van der Waals surface area contributed by atoms with Crippen molar-refractivity contribution in [3.63, 3.8) is 0 Å². The summed E-state index contributed by atoms with van der Waals surface area (Å²) in [5.41, 5.74) is 0. The number of hydrogen-bond acceptors (Lipinski definition) is 0. The predicted molar refractivity (Wildman–Crippen MR) is 59.6 cm³/mol. The van der Waals surface area contributed by atoms with Gasteiger partial charge in [-0.15, -0.1) is 0 Å². The van der Waals surface area contributed by atoms with Crippen LogP contribution in [0.5, 0.6) is 0 Å². The summed E-state index contributed by atoms with van der Waals surface area (Å²) in [6.45, 7) is 4.64. The Morgan fingerprint density at radius 3 is 2.77 bits per heavy atom. The summed E-state index contributed by atoms with van der Waals surface area (Å²) in [4.78, 5) is 0. The van der Waals surface area contributed by atoms with Crippen LogP contribution in [0.2, 0.25) is 0 Å². The maximum Gasteiger partial charge on any atom is -0.0355 e. The minimum atomic E-state index is 0.963. The van der Waals surface area contributed by atoms with Gasteiger partial charge in [0.25, 0.3) is 0 Å². The molecule has 1 saturated carbocycles. The van der Waals surface area contributed by atoms with Crippen LogP contribution >= 0.6 is 0 Å². The molecule has 0 amide bonds. The van der Waals surface area contributed by atoms with E-state index in [0.717, 1.165) is 11.8 Å². The zero-order valence-electron chi connectivity index (χ0n) is 9.39. The van der Waals surface area contributed by atoms with Gasteiger partial charge in [0.15, 0.2) is 0 Å². The van der Waals surface area contributed by atoms with Crippen molar-refractivity contribution < 1.29 is 0 Å². The van der Waals surface area contributed by atoms with Crippen molar-refractivity contribution in [2.45, 2.75) is 65.2 Å².